The Kier molecular flexibility index (Phi) is 5.02. The third-order valence-electron chi connectivity index (χ3n) is 6.25. The van der Waals surface area contributed by atoms with Crippen LogP contribution in [0.15, 0.2) is 42.5 Å². The molecule has 1 unspecified atom stereocenters. The van der Waals surface area contributed by atoms with Crippen LogP contribution in [0.25, 0.3) is 11.1 Å². The molecule has 1 heterocycles. The lowest BCUT2D eigenvalue weighted by molar-refractivity contribution is -0.126. The monoisotopic (exact) mass is 397 g/mol. The van der Waals surface area contributed by atoms with E-state index in [-0.39, 0.29) is 17.8 Å². The molecule has 28 heavy (non-hydrogen) atoms. The van der Waals surface area contributed by atoms with Crippen LogP contribution in [0.2, 0.25) is 5.02 Å². The minimum absolute atomic E-state index is 0.00316. The number of rotatable bonds is 3. The largest absolute Gasteiger partial charge is 0.381 e. The average Bonchev–Trinajstić information content (AvgIpc) is 2.93. The standard InChI is InChI=1S/C23H24ClNO3/c1-14-3-4-16(15-5-7-17(24)8-6-15)13-19(14)20-21(26)23(25-22(20)27)11-9-18(28-2)10-12-23/h3-8,13,18,20H,9-12H2,1-2H3,(H,25,27). The predicted octanol–water partition coefficient (Wildman–Crippen LogP) is 4.43. The van der Waals surface area contributed by atoms with Gasteiger partial charge in [0.15, 0.2) is 5.78 Å². The third kappa shape index (κ3) is 3.25. The number of Topliss-reactive ketones (excluding diaryl/α,β-unsaturated/α-hetero) is 1. The Labute approximate surface area is 170 Å². The summed E-state index contributed by atoms with van der Waals surface area (Å²) in [5.41, 5.74) is 2.99. The van der Waals surface area contributed by atoms with Crippen molar-refractivity contribution in [3.8, 4) is 11.1 Å². The molecule has 0 radical (unpaired) electrons. The molecule has 1 saturated heterocycles. The van der Waals surface area contributed by atoms with Gasteiger partial charge in [0.2, 0.25) is 5.91 Å². The van der Waals surface area contributed by atoms with Crippen molar-refractivity contribution in [2.75, 3.05) is 7.11 Å². The zero-order valence-electron chi connectivity index (χ0n) is 16.1. The second-order valence-corrected chi connectivity index (χ2v) is 8.32. The highest BCUT2D eigenvalue weighted by Gasteiger charge is 2.54. The van der Waals surface area contributed by atoms with Gasteiger partial charge in [0.05, 0.1) is 11.6 Å². The summed E-state index contributed by atoms with van der Waals surface area (Å²) in [7, 11) is 1.70. The van der Waals surface area contributed by atoms with Crippen LogP contribution in [0.3, 0.4) is 0 Å². The number of halogens is 1. The summed E-state index contributed by atoms with van der Waals surface area (Å²) >= 11 is 5.99. The Morgan fingerprint density at radius 3 is 2.32 bits per heavy atom. The molecule has 1 saturated carbocycles. The van der Waals surface area contributed by atoms with Crippen molar-refractivity contribution in [1.82, 2.24) is 5.32 Å². The Hall–Kier alpha value is -2.17. The van der Waals surface area contributed by atoms with E-state index >= 15 is 0 Å². The lowest BCUT2D eigenvalue weighted by Crippen LogP contribution is -2.50. The molecule has 0 aromatic heterocycles. The first kappa shape index (κ1) is 19.2. The maximum atomic E-state index is 13.4. The van der Waals surface area contributed by atoms with Crippen LogP contribution in [0.5, 0.6) is 0 Å². The Morgan fingerprint density at radius 1 is 1.04 bits per heavy atom. The fourth-order valence-electron chi connectivity index (χ4n) is 4.51. The topological polar surface area (TPSA) is 55.4 Å². The van der Waals surface area contributed by atoms with Gasteiger partial charge in [0.25, 0.3) is 0 Å². The maximum Gasteiger partial charge on any atom is 0.235 e. The maximum absolute atomic E-state index is 13.4. The number of aryl methyl sites for hydroxylation is 1. The smallest absolute Gasteiger partial charge is 0.235 e. The normalized spacial score (nSPS) is 27.2. The molecular weight excluding hydrogens is 374 g/mol. The SMILES string of the molecule is COC1CCC2(CC1)NC(=O)C(c1cc(-c3ccc(Cl)cc3)ccc1C)C2=O. The Balaban J connectivity index is 1.67. The zero-order chi connectivity index (χ0) is 19.9. The quantitative estimate of drug-likeness (QED) is 0.779. The van der Waals surface area contributed by atoms with Crippen molar-refractivity contribution >= 4 is 23.3 Å². The molecule has 1 spiro atoms. The molecule has 5 heteroatoms. The van der Waals surface area contributed by atoms with E-state index in [1.54, 1.807) is 7.11 Å². The molecule has 4 rings (SSSR count). The second-order valence-electron chi connectivity index (χ2n) is 7.88. The van der Waals surface area contributed by atoms with Gasteiger partial charge in [0.1, 0.15) is 5.92 Å². The number of methoxy groups -OCH3 is 1. The van der Waals surface area contributed by atoms with E-state index in [0.29, 0.717) is 17.9 Å². The first-order valence-corrected chi connectivity index (χ1v) is 10.1. The minimum atomic E-state index is -0.744. The molecule has 0 bridgehead atoms. The Morgan fingerprint density at radius 2 is 1.68 bits per heavy atom. The molecule has 2 aromatic rings. The van der Waals surface area contributed by atoms with Gasteiger partial charge in [-0.15, -0.1) is 0 Å². The summed E-state index contributed by atoms with van der Waals surface area (Å²) in [6.07, 6.45) is 3.03. The van der Waals surface area contributed by atoms with E-state index in [1.165, 1.54) is 0 Å². The van der Waals surface area contributed by atoms with Crippen LogP contribution in [-0.2, 0) is 14.3 Å². The van der Waals surface area contributed by atoms with E-state index in [1.807, 2.05) is 49.4 Å². The molecule has 2 aliphatic rings. The minimum Gasteiger partial charge on any atom is -0.381 e. The lowest BCUT2D eigenvalue weighted by Gasteiger charge is -2.35. The first-order chi connectivity index (χ1) is 13.4. The molecule has 2 aromatic carbocycles. The lowest BCUT2D eigenvalue weighted by atomic mass is 9.75. The number of nitrogens with one attached hydrogen (secondary N) is 1. The van der Waals surface area contributed by atoms with E-state index < -0.39 is 11.5 Å². The molecular formula is C23H24ClNO3. The summed E-state index contributed by atoms with van der Waals surface area (Å²) in [4.78, 5) is 26.3. The van der Waals surface area contributed by atoms with Crippen molar-refractivity contribution in [2.45, 2.75) is 50.2 Å². The van der Waals surface area contributed by atoms with Crippen LogP contribution >= 0.6 is 11.6 Å². The third-order valence-corrected chi connectivity index (χ3v) is 6.50. The Bertz CT molecular complexity index is 914. The highest BCUT2D eigenvalue weighted by Crippen LogP contribution is 2.41. The number of ether oxygens (including phenoxy) is 1. The van der Waals surface area contributed by atoms with E-state index in [4.69, 9.17) is 16.3 Å². The van der Waals surface area contributed by atoms with Crippen LogP contribution in [0.4, 0.5) is 0 Å². The van der Waals surface area contributed by atoms with E-state index in [2.05, 4.69) is 5.32 Å². The second kappa shape index (κ2) is 7.34. The first-order valence-electron chi connectivity index (χ1n) is 9.69. The van der Waals surface area contributed by atoms with Gasteiger partial charge in [-0.25, -0.2) is 0 Å². The van der Waals surface area contributed by atoms with Crippen LogP contribution in [-0.4, -0.2) is 30.4 Å². The molecule has 2 fully saturated rings. The van der Waals surface area contributed by atoms with Crippen molar-refractivity contribution in [3.63, 3.8) is 0 Å². The van der Waals surface area contributed by atoms with Gasteiger partial charge in [-0.3, -0.25) is 9.59 Å². The zero-order valence-corrected chi connectivity index (χ0v) is 16.9. The fourth-order valence-corrected chi connectivity index (χ4v) is 4.64. The number of hydrogen-bond acceptors (Lipinski definition) is 3. The van der Waals surface area contributed by atoms with Gasteiger partial charge < -0.3 is 10.1 Å². The molecule has 1 aliphatic heterocycles. The van der Waals surface area contributed by atoms with Gasteiger partial charge in [-0.1, -0.05) is 35.9 Å². The molecule has 1 N–H and O–H groups in total. The molecule has 146 valence electrons. The number of carbonyl (C=O) groups is 2. The number of carbonyl (C=O) groups excluding carboxylic acids is 2. The molecule has 1 aliphatic carbocycles. The molecule has 4 nitrogen and oxygen atoms in total. The van der Waals surface area contributed by atoms with Crippen LogP contribution in [0, 0.1) is 6.92 Å². The summed E-state index contributed by atoms with van der Waals surface area (Å²) in [5, 5.41) is 3.72. The van der Waals surface area contributed by atoms with Crippen molar-refractivity contribution in [1.29, 1.82) is 0 Å². The number of ketones is 1. The van der Waals surface area contributed by atoms with Crippen molar-refractivity contribution in [2.24, 2.45) is 0 Å². The van der Waals surface area contributed by atoms with E-state index in [9.17, 15) is 9.59 Å². The highest BCUT2D eigenvalue weighted by molar-refractivity contribution is 6.30. The van der Waals surface area contributed by atoms with Gasteiger partial charge in [-0.05, 0) is 73.1 Å². The predicted molar refractivity (Wildman–Crippen MR) is 110 cm³/mol. The van der Waals surface area contributed by atoms with Crippen LogP contribution in [0.1, 0.15) is 42.7 Å². The highest BCUT2D eigenvalue weighted by atomic mass is 35.5. The van der Waals surface area contributed by atoms with E-state index in [0.717, 1.165) is 35.1 Å². The molecule has 1 atom stereocenters. The van der Waals surface area contributed by atoms with Crippen LogP contribution < -0.4 is 5.32 Å². The average molecular weight is 398 g/mol. The number of benzene rings is 2. The van der Waals surface area contributed by atoms with Crippen molar-refractivity contribution in [3.05, 3.63) is 58.6 Å². The summed E-state index contributed by atoms with van der Waals surface area (Å²) < 4.78 is 5.43. The summed E-state index contributed by atoms with van der Waals surface area (Å²) in [5.74, 6) is -0.924. The van der Waals surface area contributed by atoms with Gasteiger partial charge >= 0.3 is 0 Å². The van der Waals surface area contributed by atoms with Gasteiger partial charge in [0, 0.05) is 12.1 Å². The summed E-state index contributed by atoms with van der Waals surface area (Å²) in [6, 6.07) is 13.5. The fraction of sp³-hybridized carbons (Fsp3) is 0.391. The number of amides is 1. The van der Waals surface area contributed by atoms with Gasteiger partial charge in [-0.2, -0.15) is 0 Å². The number of hydrogen-bond donors (Lipinski definition) is 1. The molecule has 1 amide bonds. The van der Waals surface area contributed by atoms with Crippen molar-refractivity contribution < 1.29 is 14.3 Å². The summed E-state index contributed by atoms with van der Waals surface area (Å²) in [6.45, 7) is 1.95.